The summed E-state index contributed by atoms with van der Waals surface area (Å²) in [5.41, 5.74) is 8.14. The molecule has 0 heterocycles. The van der Waals surface area contributed by atoms with Gasteiger partial charge in [-0.15, -0.1) is 0 Å². The summed E-state index contributed by atoms with van der Waals surface area (Å²) in [5.74, 6) is -2.36. The smallest absolute Gasteiger partial charge is 0.287 e. The van der Waals surface area contributed by atoms with Gasteiger partial charge in [-0.1, -0.05) is 97.1 Å². The van der Waals surface area contributed by atoms with Gasteiger partial charge in [0.05, 0.1) is 0 Å². The summed E-state index contributed by atoms with van der Waals surface area (Å²) >= 11 is 0. The largest absolute Gasteiger partial charge is 0.363 e. The molecule has 4 rings (SSSR count). The van der Waals surface area contributed by atoms with Crippen molar-refractivity contribution in [1.82, 2.24) is 5.32 Å². The standard InChI is InChI=1S/C29H24N2O3/c30-28(33)27(32)26(19-20-8-2-1-3-9-20)31-29(34)25-13-7-6-11-23(25)17-15-21-14-16-22-10-4-5-12-24(22)18-21/h1-18,26H,19H2,(H2,30,33)(H,31,34)/b17-15+. The van der Waals surface area contributed by atoms with Gasteiger partial charge in [-0.25, -0.2) is 0 Å². The molecule has 34 heavy (non-hydrogen) atoms. The van der Waals surface area contributed by atoms with E-state index in [0.717, 1.165) is 21.9 Å². The van der Waals surface area contributed by atoms with Crippen molar-refractivity contribution in [3.63, 3.8) is 0 Å². The van der Waals surface area contributed by atoms with Gasteiger partial charge in [0.25, 0.3) is 11.8 Å². The van der Waals surface area contributed by atoms with Crippen LogP contribution < -0.4 is 11.1 Å². The van der Waals surface area contributed by atoms with Gasteiger partial charge in [0, 0.05) is 12.0 Å². The number of ketones is 1. The molecule has 0 saturated heterocycles. The lowest BCUT2D eigenvalue weighted by atomic mass is 10.00. The molecule has 1 atom stereocenters. The number of nitrogens with two attached hydrogens (primary N) is 1. The average Bonchev–Trinajstić information content (AvgIpc) is 2.87. The van der Waals surface area contributed by atoms with Gasteiger partial charge in [0.1, 0.15) is 6.04 Å². The fourth-order valence-corrected chi connectivity index (χ4v) is 3.81. The third-order valence-corrected chi connectivity index (χ3v) is 5.58. The van der Waals surface area contributed by atoms with Crippen LogP contribution in [-0.2, 0) is 16.0 Å². The van der Waals surface area contributed by atoms with Crippen LogP contribution >= 0.6 is 0 Å². The molecular formula is C29H24N2O3. The van der Waals surface area contributed by atoms with Crippen LogP contribution in [0.2, 0.25) is 0 Å². The number of carbonyl (C=O) groups excluding carboxylic acids is 3. The van der Waals surface area contributed by atoms with Gasteiger partial charge >= 0.3 is 0 Å². The molecule has 5 heteroatoms. The first kappa shape index (κ1) is 22.7. The van der Waals surface area contributed by atoms with Gasteiger partial charge < -0.3 is 11.1 Å². The number of Topliss-reactive ketones (excluding diaryl/α,β-unsaturated/α-hetero) is 1. The second-order valence-corrected chi connectivity index (χ2v) is 7.97. The summed E-state index contributed by atoms with van der Waals surface area (Å²) in [6.07, 6.45) is 3.97. The first-order chi connectivity index (χ1) is 16.5. The van der Waals surface area contributed by atoms with E-state index in [0.29, 0.717) is 11.1 Å². The van der Waals surface area contributed by atoms with E-state index in [1.54, 1.807) is 12.1 Å². The SMILES string of the molecule is NC(=O)C(=O)C(Cc1ccccc1)NC(=O)c1ccccc1/C=C/c1ccc2ccccc2c1. The third-order valence-electron chi connectivity index (χ3n) is 5.58. The van der Waals surface area contributed by atoms with Gasteiger partial charge in [-0.3, -0.25) is 14.4 Å². The maximum absolute atomic E-state index is 13.1. The van der Waals surface area contributed by atoms with Crippen molar-refractivity contribution in [2.24, 2.45) is 5.73 Å². The van der Waals surface area contributed by atoms with E-state index >= 15 is 0 Å². The Balaban J connectivity index is 1.57. The zero-order chi connectivity index (χ0) is 23.9. The maximum atomic E-state index is 13.1. The van der Waals surface area contributed by atoms with Gasteiger partial charge in [-0.05, 0) is 39.6 Å². The molecule has 1 unspecified atom stereocenters. The monoisotopic (exact) mass is 448 g/mol. The minimum Gasteiger partial charge on any atom is -0.363 e. The number of benzene rings is 4. The van der Waals surface area contributed by atoms with Crippen LogP contribution in [0.5, 0.6) is 0 Å². The Labute approximate surface area is 197 Å². The minimum absolute atomic E-state index is 0.170. The van der Waals surface area contributed by atoms with Gasteiger partial charge in [-0.2, -0.15) is 0 Å². The van der Waals surface area contributed by atoms with Crippen molar-refractivity contribution in [1.29, 1.82) is 0 Å². The molecule has 0 aromatic heterocycles. The Kier molecular flexibility index (Phi) is 6.94. The number of fused-ring (bicyclic) bond motifs is 1. The highest BCUT2D eigenvalue weighted by Gasteiger charge is 2.26. The first-order valence-corrected chi connectivity index (χ1v) is 11.0. The second kappa shape index (κ2) is 10.4. The molecule has 4 aromatic carbocycles. The number of hydrogen-bond donors (Lipinski definition) is 2. The number of primary amides is 1. The lowest BCUT2D eigenvalue weighted by Crippen LogP contribution is -2.47. The van der Waals surface area contributed by atoms with E-state index in [1.807, 2.05) is 72.8 Å². The van der Waals surface area contributed by atoms with E-state index < -0.39 is 23.6 Å². The zero-order valence-corrected chi connectivity index (χ0v) is 18.5. The fraction of sp³-hybridized carbons (Fsp3) is 0.0690. The Hall–Kier alpha value is -4.51. The van der Waals surface area contributed by atoms with Crippen molar-refractivity contribution in [3.05, 3.63) is 119 Å². The van der Waals surface area contributed by atoms with Crippen molar-refractivity contribution in [2.45, 2.75) is 12.5 Å². The normalized spacial score (nSPS) is 11.9. The van der Waals surface area contributed by atoms with Crippen LogP contribution in [0.3, 0.4) is 0 Å². The Morgan fingerprint density at radius 3 is 2.21 bits per heavy atom. The molecule has 0 aliphatic rings. The summed E-state index contributed by atoms with van der Waals surface area (Å²) in [6, 6.07) is 29.5. The van der Waals surface area contributed by atoms with E-state index in [9.17, 15) is 14.4 Å². The van der Waals surface area contributed by atoms with E-state index in [1.165, 1.54) is 0 Å². The summed E-state index contributed by atoms with van der Waals surface area (Å²) in [4.78, 5) is 37.1. The van der Waals surface area contributed by atoms with E-state index in [-0.39, 0.29) is 6.42 Å². The van der Waals surface area contributed by atoms with Crippen LogP contribution in [0.1, 0.15) is 27.0 Å². The molecule has 168 valence electrons. The van der Waals surface area contributed by atoms with Crippen molar-refractivity contribution >= 4 is 40.5 Å². The Bertz CT molecular complexity index is 1380. The lowest BCUT2D eigenvalue weighted by molar-refractivity contribution is -0.137. The highest BCUT2D eigenvalue weighted by molar-refractivity contribution is 6.38. The fourth-order valence-electron chi connectivity index (χ4n) is 3.81. The Morgan fingerprint density at radius 2 is 1.44 bits per heavy atom. The van der Waals surface area contributed by atoms with Crippen LogP contribution in [0.15, 0.2) is 97.1 Å². The van der Waals surface area contributed by atoms with E-state index in [2.05, 4.69) is 29.6 Å². The molecule has 3 N–H and O–H groups in total. The number of rotatable bonds is 8. The number of carbonyl (C=O) groups is 3. The third kappa shape index (κ3) is 5.45. The molecule has 5 nitrogen and oxygen atoms in total. The number of nitrogens with one attached hydrogen (secondary N) is 1. The second-order valence-electron chi connectivity index (χ2n) is 7.97. The average molecular weight is 449 g/mol. The minimum atomic E-state index is -1.08. The molecular weight excluding hydrogens is 424 g/mol. The first-order valence-electron chi connectivity index (χ1n) is 11.0. The molecule has 0 bridgehead atoms. The topological polar surface area (TPSA) is 89.3 Å². The highest BCUT2D eigenvalue weighted by atomic mass is 16.2. The van der Waals surface area contributed by atoms with Gasteiger partial charge in [0.2, 0.25) is 5.78 Å². The summed E-state index contributed by atoms with van der Waals surface area (Å²) in [7, 11) is 0. The van der Waals surface area contributed by atoms with Crippen LogP contribution in [0.4, 0.5) is 0 Å². The van der Waals surface area contributed by atoms with Crippen molar-refractivity contribution in [3.8, 4) is 0 Å². The summed E-state index contributed by atoms with van der Waals surface area (Å²) in [5, 5.41) is 4.99. The van der Waals surface area contributed by atoms with Crippen LogP contribution in [-0.4, -0.2) is 23.6 Å². The van der Waals surface area contributed by atoms with Crippen molar-refractivity contribution < 1.29 is 14.4 Å². The predicted octanol–water partition coefficient (Wildman–Crippen LogP) is 4.41. The quantitative estimate of drug-likeness (QED) is 0.309. The molecule has 2 amide bonds. The number of hydrogen-bond acceptors (Lipinski definition) is 3. The maximum Gasteiger partial charge on any atom is 0.287 e. The zero-order valence-electron chi connectivity index (χ0n) is 18.5. The molecule has 0 spiro atoms. The summed E-state index contributed by atoms with van der Waals surface area (Å²) in [6.45, 7) is 0. The number of amides is 2. The predicted molar refractivity (Wildman–Crippen MR) is 135 cm³/mol. The van der Waals surface area contributed by atoms with Crippen LogP contribution in [0, 0.1) is 0 Å². The molecule has 0 aliphatic heterocycles. The summed E-state index contributed by atoms with van der Waals surface area (Å²) < 4.78 is 0. The highest BCUT2D eigenvalue weighted by Crippen LogP contribution is 2.19. The lowest BCUT2D eigenvalue weighted by Gasteiger charge is -2.17. The molecule has 0 saturated carbocycles. The van der Waals surface area contributed by atoms with E-state index in [4.69, 9.17) is 5.73 Å². The molecule has 0 radical (unpaired) electrons. The van der Waals surface area contributed by atoms with Crippen molar-refractivity contribution in [2.75, 3.05) is 0 Å². The van der Waals surface area contributed by atoms with Gasteiger partial charge in [0.15, 0.2) is 0 Å². The Morgan fingerprint density at radius 1 is 0.765 bits per heavy atom. The van der Waals surface area contributed by atoms with Crippen LogP contribution in [0.25, 0.3) is 22.9 Å². The molecule has 0 aliphatic carbocycles. The molecule has 0 fully saturated rings. The molecule has 4 aromatic rings.